The summed E-state index contributed by atoms with van der Waals surface area (Å²) in [7, 11) is 0. The number of halogens is 4. The van der Waals surface area contributed by atoms with Crippen LogP contribution in [0.5, 0.6) is 0 Å². The van der Waals surface area contributed by atoms with Crippen LogP contribution in [0.4, 0.5) is 23.4 Å². The van der Waals surface area contributed by atoms with Crippen LogP contribution in [0.2, 0.25) is 0 Å². The van der Waals surface area contributed by atoms with Gasteiger partial charge in [0.15, 0.2) is 0 Å². The number of aromatic nitrogens is 3. The standard InChI is InChI=1S/C25H21F4N5O/c1-13-7-19-20(33-23(13)30)8-21(32-19)24(35)34(16-9-25(28,29)10-16)12-15-6-5-14(11-31-15)22-17(26)3-2-4-18(22)27/h2-8,11,16,32H,9-10,12H2,1H3,(H2,30,33). The molecule has 1 amide bonds. The van der Waals surface area contributed by atoms with Crippen molar-refractivity contribution in [3.05, 3.63) is 77.2 Å². The largest absolute Gasteiger partial charge is 0.383 e. The predicted octanol–water partition coefficient (Wildman–Crippen LogP) is 5.23. The molecule has 0 bridgehead atoms. The van der Waals surface area contributed by atoms with Crippen molar-refractivity contribution in [1.82, 2.24) is 19.9 Å². The van der Waals surface area contributed by atoms with Crippen molar-refractivity contribution < 1.29 is 22.4 Å². The first-order valence-corrected chi connectivity index (χ1v) is 11.0. The molecule has 3 aromatic heterocycles. The molecule has 1 aliphatic rings. The Morgan fingerprint density at radius 2 is 1.89 bits per heavy atom. The Labute approximate surface area is 197 Å². The maximum absolute atomic E-state index is 14.1. The van der Waals surface area contributed by atoms with Gasteiger partial charge >= 0.3 is 0 Å². The zero-order valence-corrected chi connectivity index (χ0v) is 18.7. The van der Waals surface area contributed by atoms with E-state index in [-0.39, 0.29) is 23.4 Å². The van der Waals surface area contributed by atoms with Gasteiger partial charge in [-0.2, -0.15) is 0 Å². The molecule has 1 aromatic carbocycles. The molecule has 35 heavy (non-hydrogen) atoms. The Morgan fingerprint density at radius 1 is 1.17 bits per heavy atom. The van der Waals surface area contributed by atoms with E-state index in [2.05, 4.69) is 15.0 Å². The lowest BCUT2D eigenvalue weighted by molar-refractivity contribution is -0.117. The second kappa shape index (κ2) is 8.37. The number of fused-ring (bicyclic) bond motifs is 1. The first kappa shape index (κ1) is 22.8. The lowest BCUT2D eigenvalue weighted by Crippen LogP contribution is -2.52. The van der Waals surface area contributed by atoms with Gasteiger partial charge in [0.25, 0.3) is 11.8 Å². The topological polar surface area (TPSA) is 87.9 Å². The van der Waals surface area contributed by atoms with Gasteiger partial charge in [-0.1, -0.05) is 12.1 Å². The fraction of sp³-hybridized carbons (Fsp3) is 0.240. The summed E-state index contributed by atoms with van der Waals surface area (Å²) in [6.45, 7) is 1.74. The average Bonchev–Trinajstić information content (AvgIpc) is 3.19. The van der Waals surface area contributed by atoms with E-state index in [1.54, 1.807) is 13.0 Å². The Kier molecular flexibility index (Phi) is 5.46. The van der Waals surface area contributed by atoms with E-state index in [0.29, 0.717) is 22.5 Å². The number of nitrogens with two attached hydrogens (primary N) is 1. The molecule has 10 heteroatoms. The van der Waals surface area contributed by atoms with Crippen molar-refractivity contribution in [2.24, 2.45) is 0 Å². The average molecular weight is 483 g/mol. The summed E-state index contributed by atoms with van der Waals surface area (Å²) in [6.07, 6.45) is 0.386. The zero-order chi connectivity index (χ0) is 24.9. The first-order valence-electron chi connectivity index (χ1n) is 11.0. The van der Waals surface area contributed by atoms with E-state index in [1.165, 1.54) is 35.4 Å². The first-order chi connectivity index (χ1) is 16.6. The molecule has 0 saturated heterocycles. The number of carbonyl (C=O) groups is 1. The van der Waals surface area contributed by atoms with E-state index in [0.717, 1.165) is 17.7 Å². The number of amides is 1. The summed E-state index contributed by atoms with van der Waals surface area (Å²) < 4.78 is 55.5. The monoisotopic (exact) mass is 483 g/mol. The fourth-order valence-electron chi connectivity index (χ4n) is 4.27. The summed E-state index contributed by atoms with van der Waals surface area (Å²) in [4.78, 5) is 26.2. The number of aromatic amines is 1. The van der Waals surface area contributed by atoms with Crippen LogP contribution < -0.4 is 5.73 Å². The van der Waals surface area contributed by atoms with Crippen molar-refractivity contribution in [2.75, 3.05) is 5.73 Å². The SMILES string of the molecule is Cc1cc2[nH]c(C(=O)N(Cc3ccc(-c4c(F)cccc4F)cn3)C3CC(F)(F)C3)cc2nc1N. The molecule has 3 N–H and O–H groups in total. The van der Waals surface area contributed by atoms with Crippen LogP contribution in [-0.4, -0.2) is 37.7 Å². The minimum Gasteiger partial charge on any atom is -0.383 e. The van der Waals surface area contributed by atoms with Crippen molar-refractivity contribution in [3.8, 4) is 11.1 Å². The van der Waals surface area contributed by atoms with E-state index in [1.807, 2.05) is 0 Å². The Hall–Kier alpha value is -3.95. The van der Waals surface area contributed by atoms with Gasteiger partial charge in [0.1, 0.15) is 23.1 Å². The van der Waals surface area contributed by atoms with Gasteiger partial charge in [-0.3, -0.25) is 9.78 Å². The number of rotatable bonds is 5. The second-order valence-electron chi connectivity index (χ2n) is 8.79. The predicted molar refractivity (Wildman–Crippen MR) is 123 cm³/mol. The molecule has 0 radical (unpaired) electrons. The highest BCUT2D eigenvalue weighted by Crippen LogP contribution is 2.41. The van der Waals surface area contributed by atoms with Crippen LogP contribution in [0.25, 0.3) is 22.2 Å². The van der Waals surface area contributed by atoms with E-state index < -0.39 is 42.3 Å². The zero-order valence-electron chi connectivity index (χ0n) is 18.7. The van der Waals surface area contributed by atoms with Crippen molar-refractivity contribution in [1.29, 1.82) is 0 Å². The van der Waals surface area contributed by atoms with Crippen LogP contribution >= 0.6 is 0 Å². The number of hydrogen-bond acceptors (Lipinski definition) is 4. The molecule has 180 valence electrons. The van der Waals surface area contributed by atoms with Crippen molar-refractivity contribution in [2.45, 2.75) is 38.3 Å². The third kappa shape index (κ3) is 4.31. The van der Waals surface area contributed by atoms with Crippen LogP contribution in [0.3, 0.4) is 0 Å². The van der Waals surface area contributed by atoms with Crippen LogP contribution in [-0.2, 0) is 6.54 Å². The second-order valence-corrected chi connectivity index (χ2v) is 8.79. The maximum atomic E-state index is 14.1. The van der Waals surface area contributed by atoms with E-state index in [4.69, 9.17) is 5.73 Å². The van der Waals surface area contributed by atoms with Gasteiger partial charge in [-0.05, 0) is 42.8 Å². The number of hydrogen-bond donors (Lipinski definition) is 2. The Balaban J connectivity index is 1.43. The number of nitrogens with zero attached hydrogens (tertiary/aromatic N) is 3. The third-order valence-corrected chi connectivity index (χ3v) is 6.24. The molecular weight excluding hydrogens is 462 g/mol. The van der Waals surface area contributed by atoms with Crippen LogP contribution in [0, 0.1) is 18.6 Å². The summed E-state index contributed by atoms with van der Waals surface area (Å²) in [5, 5.41) is 0. The van der Waals surface area contributed by atoms with Crippen molar-refractivity contribution >= 4 is 22.8 Å². The number of H-pyrrole nitrogens is 1. The molecule has 4 aromatic rings. The highest BCUT2D eigenvalue weighted by Gasteiger charge is 2.49. The van der Waals surface area contributed by atoms with Gasteiger partial charge in [0.05, 0.1) is 28.8 Å². The quantitative estimate of drug-likeness (QED) is 0.381. The molecule has 0 spiro atoms. The normalized spacial score (nSPS) is 15.2. The van der Waals surface area contributed by atoms with E-state index >= 15 is 0 Å². The van der Waals surface area contributed by atoms with Crippen LogP contribution in [0.15, 0.2) is 48.7 Å². The minimum absolute atomic E-state index is 0.0520. The van der Waals surface area contributed by atoms with Gasteiger partial charge in [-0.25, -0.2) is 22.5 Å². The van der Waals surface area contributed by atoms with Gasteiger partial charge < -0.3 is 15.6 Å². The molecular formula is C25H21F4N5O. The van der Waals surface area contributed by atoms with Crippen molar-refractivity contribution in [3.63, 3.8) is 0 Å². The number of nitrogen functional groups attached to an aromatic ring is 1. The molecule has 6 nitrogen and oxygen atoms in total. The van der Waals surface area contributed by atoms with Gasteiger partial charge in [-0.15, -0.1) is 0 Å². The Bertz CT molecular complexity index is 1370. The molecule has 0 unspecified atom stereocenters. The van der Waals surface area contributed by atoms with Gasteiger partial charge in [0.2, 0.25) is 0 Å². The number of carbonyl (C=O) groups excluding carboxylic acids is 1. The summed E-state index contributed by atoms with van der Waals surface area (Å²) in [5.41, 5.74) is 8.29. The lowest BCUT2D eigenvalue weighted by Gasteiger charge is -2.42. The molecule has 0 aliphatic heterocycles. The number of benzene rings is 1. The number of alkyl halides is 2. The summed E-state index contributed by atoms with van der Waals surface area (Å²) in [6, 6.07) is 9.18. The molecule has 1 saturated carbocycles. The molecule has 3 heterocycles. The lowest BCUT2D eigenvalue weighted by atomic mass is 9.86. The summed E-state index contributed by atoms with van der Waals surface area (Å²) >= 11 is 0. The number of nitrogens with one attached hydrogen (secondary N) is 1. The van der Waals surface area contributed by atoms with E-state index in [9.17, 15) is 22.4 Å². The number of pyridine rings is 2. The summed E-state index contributed by atoms with van der Waals surface area (Å²) in [5.74, 6) is -4.43. The molecule has 1 fully saturated rings. The molecule has 1 aliphatic carbocycles. The molecule has 5 rings (SSSR count). The highest BCUT2D eigenvalue weighted by molar-refractivity contribution is 5.97. The van der Waals surface area contributed by atoms with Crippen LogP contribution in [0.1, 0.15) is 34.6 Å². The third-order valence-electron chi connectivity index (χ3n) is 6.24. The molecule has 0 atom stereocenters. The smallest absolute Gasteiger partial charge is 0.270 e. The maximum Gasteiger partial charge on any atom is 0.270 e. The fourth-order valence-corrected chi connectivity index (χ4v) is 4.27. The number of anilines is 1. The Morgan fingerprint density at radius 3 is 2.51 bits per heavy atom. The van der Waals surface area contributed by atoms with Gasteiger partial charge in [0, 0.05) is 30.6 Å². The number of aryl methyl sites for hydroxylation is 1. The minimum atomic E-state index is -2.84. The highest BCUT2D eigenvalue weighted by atomic mass is 19.3.